The fourth-order valence-electron chi connectivity index (χ4n) is 3.06. The third-order valence-electron chi connectivity index (χ3n) is 4.57. The lowest BCUT2D eigenvalue weighted by Crippen LogP contribution is -2.31. The highest BCUT2D eigenvalue weighted by atomic mass is 32.2. The molecule has 1 heterocycles. The summed E-state index contributed by atoms with van der Waals surface area (Å²) in [6.07, 6.45) is 4.30. The Morgan fingerprint density at radius 3 is 2.07 bits per heavy atom. The van der Waals surface area contributed by atoms with Gasteiger partial charge in [0, 0.05) is 24.3 Å². The summed E-state index contributed by atoms with van der Waals surface area (Å²) in [6, 6.07) is 14.1. The monoisotopic (exact) mass is 383 g/mol. The van der Waals surface area contributed by atoms with Crippen molar-refractivity contribution < 1.29 is 13.2 Å². The SMILES string of the molecule is N#Cc1ccc(NS(=O)(=O)c2ccc(C(=O)N3CCCCCC3)cc2)cc1. The van der Waals surface area contributed by atoms with Crippen LogP contribution in [0.4, 0.5) is 5.69 Å². The number of carbonyl (C=O) groups is 1. The minimum atomic E-state index is -3.76. The lowest BCUT2D eigenvalue weighted by molar-refractivity contribution is 0.0761. The summed E-state index contributed by atoms with van der Waals surface area (Å²) < 4.78 is 27.5. The third-order valence-corrected chi connectivity index (χ3v) is 5.97. The molecule has 0 saturated carbocycles. The number of hydrogen-bond donors (Lipinski definition) is 1. The standard InChI is InChI=1S/C20H21N3O3S/c21-15-16-5-9-18(10-6-16)22-27(25,26)19-11-7-17(8-12-19)20(24)23-13-3-1-2-4-14-23/h5-12,22H,1-4,13-14H2. The summed E-state index contributed by atoms with van der Waals surface area (Å²) in [5, 5.41) is 8.80. The second-order valence-corrected chi connectivity index (χ2v) is 8.21. The summed E-state index contributed by atoms with van der Waals surface area (Å²) in [7, 11) is -3.76. The topological polar surface area (TPSA) is 90.3 Å². The van der Waals surface area contributed by atoms with Crippen LogP contribution in [-0.2, 0) is 10.0 Å². The first-order valence-electron chi connectivity index (χ1n) is 8.92. The van der Waals surface area contributed by atoms with Crippen molar-refractivity contribution >= 4 is 21.6 Å². The highest BCUT2D eigenvalue weighted by molar-refractivity contribution is 7.92. The Morgan fingerprint density at radius 2 is 1.52 bits per heavy atom. The number of carbonyl (C=O) groups excluding carboxylic acids is 1. The summed E-state index contributed by atoms with van der Waals surface area (Å²) in [5.41, 5.74) is 1.32. The summed E-state index contributed by atoms with van der Waals surface area (Å²) in [5.74, 6) is -0.0547. The zero-order valence-corrected chi connectivity index (χ0v) is 15.7. The van der Waals surface area contributed by atoms with E-state index in [-0.39, 0.29) is 10.8 Å². The fraction of sp³-hybridized carbons (Fsp3) is 0.300. The molecule has 1 aliphatic rings. The van der Waals surface area contributed by atoms with Crippen molar-refractivity contribution in [2.75, 3.05) is 17.8 Å². The van der Waals surface area contributed by atoms with Gasteiger partial charge < -0.3 is 4.90 Å². The van der Waals surface area contributed by atoms with Crippen LogP contribution in [0, 0.1) is 11.3 Å². The molecule has 1 aliphatic heterocycles. The molecule has 0 atom stereocenters. The normalized spacial score (nSPS) is 14.9. The molecule has 0 unspecified atom stereocenters. The van der Waals surface area contributed by atoms with E-state index in [0.29, 0.717) is 16.8 Å². The van der Waals surface area contributed by atoms with Crippen LogP contribution in [0.3, 0.4) is 0 Å². The van der Waals surface area contributed by atoms with Crippen LogP contribution >= 0.6 is 0 Å². The highest BCUT2D eigenvalue weighted by Crippen LogP contribution is 2.19. The lowest BCUT2D eigenvalue weighted by Gasteiger charge is -2.20. The lowest BCUT2D eigenvalue weighted by atomic mass is 10.2. The van der Waals surface area contributed by atoms with E-state index < -0.39 is 10.0 Å². The Labute approximate surface area is 159 Å². The zero-order chi connectivity index (χ0) is 19.3. The van der Waals surface area contributed by atoms with E-state index in [1.165, 1.54) is 24.3 Å². The predicted molar refractivity (Wildman–Crippen MR) is 103 cm³/mol. The second kappa shape index (κ2) is 8.23. The molecular formula is C20H21N3O3S. The van der Waals surface area contributed by atoms with E-state index in [0.717, 1.165) is 38.8 Å². The average molecular weight is 383 g/mol. The zero-order valence-electron chi connectivity index (χ0n) is 14.9. The number of rotatable bonds is 4. The first-order chi connectivity index (χ1) is 13.0. The summed E-state index contributed by atoms with van der Waals surface area (Å²) >= 11 is 0. The summed E-state index contributed by atoms with van der Waals surface area (Å²) in [6.45, 7) is 1.50. The van der Waals surface area contributed by atoms with Crippen LogP contribution in [-0.4, -0.2) is 32.3 Å². The number of hydrogen-bond acceptors (Lipinski definition) is 4. The number of nitrogens with zero attached hydrogens (tertiary/aromatic N) is 2. The molecule has 0 aliphatic carbocycles. The van der Waals surface area contributed by atoms with E-state index >= 15 is 0 Å². The summed E-state index contributed by atoms with van der Waals surface area (Å²) in [4.78, 5) is 14.5. The molecule has 2 aromatic rings. The predicted octanol–water partition coefficient (Wildman–Crippen LogP) is 3.38. The maximum Gasteiger partial charge on any atom is 0.261 e. The Balaban J connectivity index is 1.73. The van der Waals surface area contributed by atoms with Gasteiger partial charge in [-0.2, -0.15) is 5.26 Å². The van der Waals surface area contributed by atoms with E-state index in [4.69, 9.17) is 5.26 Å². The third kappa shape index (κ3) is 4.66. The Hall–Kier alpha value is -2.85. The van der Waals surface area contributed by atoms with Crippen molar-refractivity contribution in [1.29, 1.82) is 5.26 Å². The minimum absolute atomic E-state index is 0.0547. The number of nitriles is 1. The smallest absolute Gasteiger partial charge is 0.261 e. The van der Waals surface area contributed by atoms with Gasteiger partial charge >= 0.3 is 0 Å². The average Bonchev–Trinajstić information content (AvgIpc) is 2.97. The highest BCUT2D eigenvalue weighted by Gasteiger charge is 2.19. The van der Waals surface area contributed by atoms with E-state index in [1.807, 2.05) is 11.0 Å². The first-order valence-corrected chi connectivity index (χ1v) is 10.4. The van der Waals surface area contributed by atoms with Gasteiger partial charge in [-0.1, -0.05) is 12.8 Å². The molecule has 3 rings (SSSR count). The van der Waals surface area contributed by atoms with Gasteiger partial charge in [0.2, 0.25) is 0 Å². The van der Waals surface area contributed by atoms with Crippen LogP contribution in [0.25, 0.3) is 0 Å². The molecule has 1 N–H and O–H groups in total. The van der Waals surface area contributed by atoms with Crippen LogP contribution in [0.5, 0.6) is 0 Å². The molecule has 0 bridgehead atoms. The molecule has 0 spiro atoms. The molecule has 2 aromatic carbocycles. The van der Waals surface area contributed by atoms with Gasteiger partial charge in [0.25, 0.3) is 15.9 Å². The molecular weight excluding hydrogens is 362 g/mol. The van der Waals surface area contributed by atoms with E-state index in [2.05, 4.69) is 4.72 Å². The van der Waals surface area contributed by atoms with Gasteiger partial charge in [0.15, 0.2) is 0 Å². The van der Waals surface area contributed by atoms with E-state index in [1.54, 1.807) is 24.3 Å². The molecule has 0 radical (unpaired) electrons. The molecule has 1 fully saturated rings. The largest absolute Gasteiger partial charge is 0.339 e. The molecule has 140 valence electrons. The van der Waals surface area contributed by atoms with Crippen molar-refractivity contribution in [2.24, 2.45) is 0 Å². The molecule has 0 aromatic heterocycles. The Bertz CT molecular complexity index is 937. The quantitative estimate of drug-likeness (QED) is 0.876. The molecule has 1 amide bonds. The van der Waals surface area contributed by atoms with Crippen LogP contribution in [0.2, 0.25) is 0 Å². The number of likely N-dealkylation sites (tertiary alicyclic amines) is 1. The van der Waals surface area contributed by atoms with Gasteiger partial charge in [0.05, 0.1) is 16.5 Å². The number of sulfonamides is 1. The number of anilines is 1. The van der Waals surface area contributed by atoms with E-state index in [9.17, 15) is 13.2 Å². The fourth-order valence-corrected chi connectivity index (χ4v) is 4.12. The number of benzene rings is 2. The van der Waals surface area contributed by atoms with Gasteiger partial charge in [0.1, 0.15) is 0 Å². The van der Waals surface area contributed by atoms with Gasteiger partial charge in [-0.15, -0.1) is 0 Å². The maximum absolute atomic E-state index is 12.6. The molecule has 27 heavy (non-hydrogen) atoms. The minimum Gasteiger partial charge on any atom is -0.339 e. The Kier molecular flexibility index (Phi) is 5.77. The van der Waals surface area contributed by atoms with Gasteiger partial charge in [-0.25, -0.2) is 8.42 Å². The van der Waals surface area contributed by atoms with Crippen LogP contribution in [0.15, 0.2) is 53.4 Å². The first kappa shape index (κ1) is 18.9. The molecule has 6 nitrogen and oxygen atoms in total. The number of nitrogens with one attached hydrogen (secondary N) is 1. The second-order valence-electron chi connectivity index (χ2n) is 6.53. The van der Waals surface area contributed by atoms with Crippen molar-refractivity contribution in [3.05, 3.63) is 59.7 Å². The van der Waals surface area contributed by atoms with Crippen molar-refractivity contribution in [1.82, 2.24) is 4.90 Å². The van der Waals surface area contributed by atoms with Crippen molar-refractivity contribution in [2.45, 2.75) is 30.6 Å². The van der Waals surface area contributed by atoms with Crippen molar-refractivity contribution in [3.8, 4) is 6.07 Å². The van der Waals surface area contributed by atoms with Crippen LogP contribution < -0.4 is 4.72 Å². The van der Waals surface area contributed by atoms with Gasteiger partial charge in [-0.3, -0.25) is 9.52 Å². The molecule has 7 heteroatoms. The van der Waals surface area contributed by atoms with Crippen LogP contribution in [0.1, 0.15) is 41.6 Å². The number of amides is 1. The Morgan fingerprint density at radius 1 is 0.926 bits per heavy atom. The maximum atomic E-state index is 12.6. The van der Waals surface area contributed by atoms with Gasteiger partial charge in [-0.05, 0) is 61.4 Å². The molecule has 1 saturated heterocycles. The van der Waals surface area contributed by atoms with Crippen molar-refractivity contribution in [3.63, 3.8) is 0 Å².